The highest BCUT2D eigenvalue weighted by Crippen LogP contribution is 2.12. The number of esters is 1. The summed E-state index contributed by atoms with van der Waals surface area (Å²) < 4.78 is 9.79. The molecule has 0 unspecified atom stereocenters. The third-order valence-electron chi connectivity index (χ3n) is 2.89. The van der Waals surface area contributed by atoms with Crippen molar-refractivity contribution < 1.29 is 23.9 Å². The number of urea groups is 1. The van der Waals surface area contributed by atoms with Crippen molar-refractivity contribution in [2.45, 2.75) is 26.3 Å². The lowest BCUT2D eigenvalue weighted by atomic mass is 10.2. The zero-order chi connectivity index (χ0) is 16.5. The zero-order valence-corrected chi connectivity index (χ0v) is 12.8. The Kier molecular flexibility index (Phi) is 6.88. The first-order chi connectivity index (χ1) is 10.5. The van der Waals surface area contributed by atoms with E-state index in [4.69, 9.17) is 4.74 Å². The molecule has 1 aromatic rings. The largest absolute Gasteiger partial charge is 0.484 e. The first-order valence-electron chi connectivity index (χ1n) is 6.87. The van der Waals surface area contributed by atoms with Gasteiger partial charge < -0.3 is 14.8 Å². The lowest BCUT2D eigenvalue weighted by molar-refractivity contribution is -0.122. The van der Waals surface area contributed by atoms with E-state index in [1.807, 2.05) is 13.8 Å². The molecule has 0 aliphatic rings. The van der Waals surface area contributed by atoms with Gasteiger partial charge in [0.15, 0.2) is 6.61 Å². The highest BCUT2D eigenvalue weighted by atomic mass is 16.5. The zero-order valence-electron chi connectivity index (χ0n) is 12.8. The molecule has 7 heteroatoms. The second-order valence-electron chi connectivity index (χ2n) is 4.64. The summed E-state index contributed by atoms with van der Waals surface area (Å²) >= 11 is 0. The first kappa shape index (κ1) is 17.5. The Hall–Kier alpha value is -2.57. The average Bonchev–Trinajstić information content (AvgIpc) is 2.52. The number of benzene rings is 1. The molecule has 2 N–H and O–H groups in total. The van der Waals surface area contributed by atoms with E-state index in [0.717, 1.165) is 6.42 Å². The van der Waals surface area contributed by atoms with E-state index in [9.17, 15) is 14.4 Å². The third-order valence-corrected chi connectivity index (χ3v) is 2.89. The van der Waals surface area contributed by atoms with Crippen molar-refractivity contribution in [2.24, 2.45) is 0 Å². The van der Waals surface area contributed by atoms with Gasteiger partial charge in [-0.2, -0.15) is 0 Å². The van der Waals surface area contributed by atoms with Gasteiger partial charge in [0.25, 0.3) is 5.91 Å². The van der Waals surface area contributed by atoms with E-state index < -0.39 is 17.9 Å². The summed E-state index contributed by atoms with van der Waals surface area (Å²) in [5.74, 6) is -0.603. The van der Waals surface area contributed by atoms with Gasteiger partial charge in [-0.25, -0.2) is 9.59 Å². The number of rotatable bonds is 6. The van der Waals surface area contributed by atoms with Crippen molar-refractivity contribution in [2.75, 3.05) is 13.7 Å². The number of hydrogen-bond acceptors (Lipinski definition) is 5. The number of amides is 3. The molecular weight excluding hydrogens is 288 g/mol. The topological polar surface area (TPSA) is 93.7 Å². The smallest absolute Gasteiger partial charge is 0.337 e. The normalized spacial score (nSPS) is 11.2. The van der Waals surface area contributed by atoms with Crippen LogP contribution in [-0.2, 0) is 9.53 Å². The molecule has 0 aliphatic heterocycles. The Morgan fingerprint density at radius 3 is 2.36 bits per heavy atom. The molecule has 0 radical (unpaired) electrons. The molecule has 0 heterocycles. The average molecular weight is 308 g/mol. The summed E-state index contributed by atoms with van der Waals surface area (Å²) in [6.45, 7) is 3.46. The van der Waals surface area contributed by atoms with E-state index in [-0.39, 0.29) is 12.6 Å². The minimum atomic E-state index is -0.558. The monoisotopic (exact) mass is 308 g/mol. The van der Waals surface area contributed by atoms with Gasteiger partial charge in [-0.15, -0.1) is 0 Å². The lowest BCUT2D eigenvalue weighted by Gasteiger charge is -2.12. The Morgan fingerprint density at radius 1 is 1.18 bits per heavy atom. The van der Waals surface area contributed by atoms with Gasteiger partial charge in [-0.3, -0.25) is 10.1 Å². The molecule has 0 saturated carbocycles. The van der Waals surface area contributed by atoms with E-state index in [2.05, 4.69) is 15.4 Å². The molecule has 1 aromatic carbocycles. The first-order valence-corrected chi connectivity index (χ1v) is 6.87. The molecule has 3 amide bonds. The molecule has 0 bridgehead atoms. The number of nitrogens with one attached hydrogen (secondary N) is 2. The van der Waals surface area contributed by atoms with Gasteiger partial charge in [0.05, 0.1) is 12.7 Å². The van der Waals surface area contributed by atoms with Crippen LogP contribution >= 0.6 is 0 Å². The van der Waals surface area contributed by atoms with Gasteiger partial charge in [-0.05, 0) is 37.6 Å². The molecule has 7 nitrogen and oxygen atoms in total. The van der Waals surface area contributed by atoms with E-state index in [1.165, 1.54) is 19.2 Å². The number of ether oxygens (including phenoxy) is 2. The molecule has 0 aliphatic carbocycles. The lowest BCUT2D eigenvalue weighted by Crippen LogP contribution is -2.44. The van der Waals surface area contributed by atoms with Crippen molar-refractivity contribution in [3.05, 3.63) is 29.8 Å². The summed E-state index contributed by atoms with van der Waals surface area (Å²) in [5.41, 5.74) is 0.382. The Bertz CT molecular complexity index is 527. The van der Waals surface area contributed by atoms with Crippen LogP contribution in [0, 0.1) is 0 Å². The standard InChI is InChI=1S/C15H20N2O5/c1-4-10(2)16-15(20)17-13(18)9-22-12-7-5-11(6-8-12)14(19)21-3/h5-8,10H,4,9H2,1-3H3,(H2,16,17,18,20)/t10-/m1/s1. The van der Waals surface area contributed by atoms with E-state index in [1.54, 1.807) is 12.1 Å². The Morgan fingerprint density at radius 2 is 1.82 bits per heavy atom. The quantitative estimate of drug-likeness (QED) is 0.776. The molecule has 0 saturated heterocycles. The van der Waals surface area contributed by atoms with Gasteiger partial charge in [0.1, 0.15) is 5.75 Å². The van der Waals surface area contributed by atoms with Gasteiger partial charge in [0.2, 0.25) is 0 Å². The predicted octanol–water partition coefficient (Wildman–Crippen LogP) is 1.48. The number of carbonyl (C=O) groups is 3. The molecule has 120 valence electrons. The summed E-state index contributed by atoms with van der Waals surface area (Å²) in [6.07, 6.45) is 0.769. The molecular formula is C15H20N2O5. The van der Waals surface area contributed by atoms with Crippen molar-refractivity contribution in [1.82, 2.24) is 10.6 Å². The second kappa shape index (κ2) is 8.66. The summed E-state index contributed by atoms with van der Waals surface area (Å²) in [7, 11) is 1.29. The van der Waals surface area contributed by atoms with Crippen LogP contribution in [0.2, 0.25) is 0 Å². The van der Waals surface area contributed by atoms with Crippen molar-refractivity contribution >= 4 is 17.9 Å². The fourth-order valence-electron chi connectivity index (χ4n) is 1.48. The fourth-order valence-corrected chi connectivity index (χ4v) is 1.48. The van der Waals surface area contributed by atoms with Crippen LogP contribution in [0.5, 0.6) is 5.75 Å². The van der Waals surface area contributed by atoms with Crippen LogP contribution in [0.4, 0.5) is 4.79 Å². The number of hydrogen-bond donors (Lipinski definition) is 2. The number of methoxy groups -OCH3 is 1. The molecule has 1 atom stereocenters. The minimum absolute atomic E-state index is 0.0143. The predicted molar refractivity (Wildman–Crippen MR) is 79.7 cm³/mol. The van der Waals surface area contributed by atoms with Crippen LogP contribution < -0.4 is 15.4 Å². The number of carbonyl (C=O) groups excluding carboxylic acids is 3. The summed E-state index contributed by atoms with van der Waals surface area (Å²) in [5, 5.41) is 4.77. The Balaban J connectivity index is 2.41. The molecule has 22 heavy (non-hydrogen) atoms. The summed E-state index contributed by atoms with van der Waals surface area (Å²) in [4.78, 5) is 34.2. The van der Waals surface area contributed by atoms with Gasteiger partial charge >= 0.3 is 12.0 Å². The van der Waals surface area contributed by atoms with E-state index in [0.29, 0.717) is 11.3 Å². The maximum Gasteiger partial charge on any atom is 0.337 e. The second-order valence-corrected chi connectivity index (χ2v) is 4.64. The SMILES string of the molecule is CC[C@@H](C)NC(=O)NC(=O)COc1ccc(C(=O)OC)cc1. The highest BCUT2D eigenvalue weighted by Gasteiger charge is 2.10. The molecule has 0 aromatic heterocycles. The molecule has 0 spiro atoms. The molecule has 0 fully saturated rings. The van der Waals surface area contributed by atoms with Crippen LogP contribution in [0.3, 0.4) is 0 Å². The van der Waals surface area contributed by atoms with Crippen molar-refractivity contribution in [3.8, 4) is 5.75 Å². The number of imide groups is 1. The van der Waals surface area contributed by atoms with Crippen molar-refractivity contribution in [3.63, 3.8) is 0 Å². The maximum absolute atomic E-state index is 11.5. The van der Waals surface area contributed by atoms with Crippen LogP contribution in [-0.4, -0.2) is 37.7 Å². The third kappa shape index (κ3) is 5.82. The maximum atomic E-state index is 11.5. The van der Waals surface area contributed by atoms with Gasteiger partial charge in [-0.1, -0.05) is 6.92 Å². The molecule has 1 rings (SSSR count). The van der Waals surface area contributed by atoms with Crippen LogP contribution in [0.15, 0.2) is 24.3 Å². The Labute approximate surface area is 129 Å². The van der Waals surface area contributed by atoms with E-state index >= 15 is 0 Å². The van der Waals surface area contributed by atoms with Crippen molar-refractivity contribution in [1.29, 1.82) is 0 Å². The summed E-state index contributed by atoms with van der Waals surface area (Å²) in [6, 6.07) is 5.56. The fraction of sp³-hybridized carbons (Fsp3) is 0.400. The van der Waals surface area contributed by atoms with Crippen LogP contribution in [0.25, 0.3) is 0 Å². The highest BCUT2D eigenvalue weighted by molar-refractivity contribution is 5.95. The van der Waals surface area contributed by atoms with Gasteiger partial charge in [0, 0.05) is 6.04 Å². The minimum Gasteiger partial charge on any atom is -0.484 e. The van der Waals surface area contributed by atoms with Crippen LogP contribution in [0.1, 0.15) is 30.6 Å².